The molecule has 2 aromatic carbocycles. The van der Waals surface area contributed by atoms with Crippen LogP contribution in [0.5, 0.6) is 5.75 Å². The zero-order valence-corrected chi connectivity index (χ0v) is 11.4. The molecule has 0 radical (unpaired) electrons. The van der Waals surface area contributed by atoms with Crippen molar-refractivity contribution < 1.29 is 5.11 Å². The van der Waals surface area contributed by atoms with Crippen LogP contribution in [0.4, 0.5) is 0 Å². The molecule has 2 N–H and O–H groups in total. The largest absolute Gasteiger partial charge is 0.507 e. The van der Waals surface area contributed by atoms with Gasteiger partial charge in [-0.15, -0.1) is 0 Å². The van der Waals surface area contributed by atoms with Gasteiger partial charge >= 0.3 is 0 Å². The third-order valence-corrected chi connectivity index (χ3v) is 3.51. The minimum atomic E-state index is 0.373. The first-order chi connectivity index (χ1) is 9.74. The number of aromatic nitrogens is 1. The predicted octanol–water partition coefficient (Wildman–Crippen LogP) is 4.44. The molecule has 1 heterocycles. The molecule has 0 aliphatic carbocycles. The second kappa shape index (κ2) is 5.25. The number of hydrogen-bond donors (Lipinski definition) is 2. The highest BCUT2D eigenvalue weighted by Crippen LogP contribution is 2.28. The molecule has 0 fully saturated rings. The van der Waals surface area contributed by atoms with Gasteiger partial charge in [0.05, 0.1) is 0 Å². The van der Waals surface area contributed by atoms with E-state index in [9.17, 15) is 5.11 Å². The number of phenols is 1. The van der Waals surface area contributed by atoms with Gasteiger partial charge in [0.1, 0.15) is 5.75 Å². The van der Waals surface area contributed by atoms with Crippen LogP contribution in [0.3, 0.4) is 0 Å². The van der Waals surface area contributed by atoms with Gasteiger partial charge in [0.25, 0.3) is 0 Å². The summed E-state index contributed by atoms with van der Waals surface area (Å²) in [7, 11) is 0. The minimum Gasteiger partial charge on any atom is -0.507 e. The minimum absolute atomic E-state index is 0.373. The van der Waals surface area contributed by atoms with Gasteiger partial charge < -0.3 is 10.1 Å². The standard InChI is InChI=1S/C18H17NO/c1-13-5-7-14(8-6-13)3-2-4-15-9-10-17-16(18(15)20)11-12-19-17/h2-3,5-12,19-20H,4H2,1H3/b3-2+. The number of allylic oxidation sites excluding steroid dienone is 1. The zero-order chi connectivity index (χ0) is 13.9. The van der Waals surface area contributed by atoms with Crippen LogP contribution >= 0.6 is 0 Å². The van der Waals surface area contributed by atoms with Crippen molar-refractivity contribution in [2.45, 2.75) is 13.3 Å². The molecule has 3 aromatic rings. The van der Waals surface area contributed by atoms with Crippen molar-refractivity contribution in [2.24, 2.45) is 0 Å². The van der Waals surface area contributed by atoms with E-state index in [2.05, 4.69) is 48.3 Å². The molecule has 0 aliphatic heterocycles. The molecular weight excluding hydrogens is 246 g/mol. The Morgan fingerprint density at radius 1 is 1.05 bits per heavy atom. The Morgan fingerprint density at radius 2 is 1.85 bits per heavy atom. The highest BCUT2D eigenvalue weighted by molar-refractivity contribution is 5.86. The van der Waals surface area contributed by atoms with E-state index >= 15 is 0 Å². The normalized spacial score (nSPS) is 11.4. The van der Waals surface area contributed by atoms with Crippen LogP contribution in [-0.2, 0) is 6.42 Å². The van der Waals surface area contributed by atoms with Gasteiger partial charge in [-0.05, 0) is 36.6 Å². The van der Waals surface area contributed by atoms with Gasteiger partial charge in [-0.3, -0.25) is 0 Å². The lowest BCUT2D eigenvalue weighted by Gasteiger charge is -2.03. The van der Waals surface area contributed by atoms with E-state index in [1.807, 2.05) is 24.4 Å². The zero-order valence-electron chi connectivity index (χ0n) is 11.4. The molecule has 0 atom stereocenters. The van der Waals surface area contributed by atoms with E-state index in [4.69, 9.17) is 0 Å². The van der Waals surface area contributed by atoms with Gasteiger partial charge in [0.15, 0.2) is 0 Å². The molecule has 3 rings (SSSR count). The third-order valence-electron chi connectivity index (χ3n) is 3.51. The Balaban J connectivity index is 1.79. The topological polar surface area (TPSA) is 36.0 Å². The van der Waals surface area contributed by atoms with Crippen LogP contribution in [0.1, 0.15) is 16.7 Å². The fourth-order valence-corrected chi connectivity index (χ4v) is 2.33. The summed E-state index contributed by atoms with van der Waals surface area (Å²) >= 11 is 0. The Labute approximate surface area is 118 Å². The molecule has 2 nitrogen and oxygen atoms in total. The number of fused-ring (bicyclic) bond motifs is 1. The number of H-pyrrole nitrogens is 1. The van der Waals surface area contributed by atoms with Crippen molar-refractivity contribution in [1.29, 1.82) is 0 Å². The van der Waals surface area contributed by atoms with Crippen LogP contribution < -0.4 is 0 Å². The number of nitrogens with one attached hydrogen (secondary N) is 1. The number of aryl methyl sites for hydroxylation is 1. The molecule has 0 saturated heterocycles. The van der Waals surface area contributed by atoms with Crippen molar-refractivity contribution in [1.82, 2.24) is 4.98 Å². The molecular formula is C18H17NO. The number of aromatic amines is 1. The maximum Gasteiger partial charge on any atom is 0.128 e. The molecule has 0 unspecified atom stereocenters. The Kier molecular flexibility index (Phi) is 3.30. The molecule has 0 bridgehead atoms. The van der Waals surface area contributed by atoms with Crippen LogP contribution in [-0.4, -0.2) is 10.1 Å². The summed E-state index contributed by atoms with van der Waals surface area (Å²) in [5.74, 6) is 0.373. The molecule has 100 valence electrons. The first-order valence-electron chi connectivity index (χ1n) is 6.75. The lowest BCUT2D eigenvalue weighted by molar-refractivity contribution is 0.476. The van der Waals surface area contributed by atoms with Crippen molar-refractivity contribution >= 4 is 17.0 Å². The van der Waals surface area contributed by atoms with Gasteiger partial charge in [-0.25, -0.2) is 0 Å². The molecule has 20 heavy (non-hydrogen) atoms. The van der Waals surface area contributed by atoms with Crippen molar-refractivity contribution in [3.63, 3.8) is 0 Å². The lowest BCUT2D eigenvalue weighted by Crippen LogP contribution is -1.83. The quantitative estimate of drug-likeness (QED) is 0.720. The van der Waals surface area contributed by atoms with Crippen molar-refractivity contribution in [3.05, 3.63) is 71.4 Å². The van der Waals surface area contributed by atoms with E-state index < -0.39 is 0 Å². The van der Waals surface area contributed by atoms with E-state index in [0.717, 1.165) is 22.9 Å². The summed E-state index contributed by atoms with van der Waals surface area (Å²) in [5, 5.41) is 11.1. The smallest absolute Gasteiger partial charge is 0.128 e. The average Bonchev–Trinajstić information content (AvgIpc) is 2.93. The predicted molar refractivity (Wildman–Crippen MR) is 83.9 cm³/mol. The molecule has 0 amide bonds. The molecule has 0 saturated carbocycles. The summed E-state index contributed by atoms with van der Waals surface area (Å²) in [4.78, 5) is 3.10. The van der Waals surface area contributed by atoms with E-state index in [-0.39, 0.29) is 0 Å². The SMILES string of the molecule is Cc1ccc(/C=C/Cc2ccc3[nH]ccc3c2O)cc1. The average molecular weight is 263 g/mol. The lowest BCUT2D eigenvalue weighted by atomic mass is 10.1. The van der Waals surface area contributed by atoms with Crippen LogP contribution in [0.15, 0.2) is 54.7 Å². The van der Waals surface area contributed by atoms with Gasteiger partial charge in [0.2, 0.25) is 0 Å². The highest BCUT2D eigenvalue weighted by Gasteiger charge is 2.05. The summed E-state index contributed by atoms with van der Waals surface area (Å²) in [5.41, 5.74) is 4.35. The summed E-state index contributed by atoms with van der Waals surface area (Å²) < 4.78 is 0. The van der Waals surface area contributed by atoms with Crippen LogP contribution in [0, 0.1) is 6.92 Å². The fourth-order valence-electron chi connectivity index (χ4n) is 2.33. The maximum absolute atomic E-state index is 10.2. The molecule has 2 heteroatoms. The van der Waals surface area contributed by atoms with E-state index in [0.29, 0.717) is 5.75 Å². The molecule has 0 aliphatic rings. The number of phenolic OH excluding ortho intramolecular Hbond substituents is 1. The van der Waals surface area contributed by atoms with Crippen LogP contribution in [0.25, 0.3) is 17.0 Å². The number of rotatable bonds is 3. The van der Waals surface area contributed by atoms with Gasteiger partial charge in [-0.1, -0.05) is 48.0 Å². The number of aromatic hydroxyl groups is 1. The fraction of sp³-hybridized carbons (Fsp3) is 0.111. The Hall–Kier alpha value is -2.48. The summed E-state index contributed by atoms with van der Waals surface area (Å²) in [6.45, 7) is 2.08. The monoisotopic (exact) mass is 263 g/mol. The number of benzene rings is 2. The second-order valence-electron chi connectivity index (χ2n) is 5.03. The Morgan fingerprint density at radius 3 is 2.65 bits per heavy atom. The van der Waals surface area contributed by atoms with Crippen molar-refractivity contribution in [2.75, 3.05) is 0 Å². The first-order valence-corrected chi connectivity index (χ1v) is 6.75. The second-order valence-corrected chi connectivity index (χ2v) is 5.03. The first kappa shape index (κ1) is 12.5. The molecule has 1 aromatic heterocycles. The summed E-state index contributed by atoms with van der Waals surface area (Å²) in [6, 6.07) is 14.3. The summed E-state index contributed by atoms with van der Waals surface area (Å²) in [6.07, 6.45) is 6.73. The van der Waals surface area contributed by atoms with Crippen LogP contribution in [0.2, 0.25) is 0 Å². The van der Waals surface area contributed by atoms with E-state index in [1.54, 1.807) is 0 Å². The van der Waals surface area contributed by atoms with Gasteiger partial charge in [0, 0.05) is 17.1 Å². The van der Waals surface area contributed by atoms with Gasteiger partial charge in [-0.2, -0.15) is 0 Å². The van der Waals surface area contributed by atoms with Crippen molar-refractivity contribution in [3.8, 4) is 5.75 Å². The Bertz CT molecular complexity index is 751. The number of hydrogen-bond acceptors (Lipinski definition) is 1. The maximum atomic E-state index is 10.2. The highest BCUT2D eigenvalue weighted by atomic mass is 16.3. The van der Waals surface area contributed by atoms with E-state index in [1.165, 1.54) is 11.1 Å². The third kappa shape index (κ3) is 2.45. The molecule has 0 spiro atoms.